The molecule has 1 saturated heterocycles. The van der Waals surface area contributed by atoms with Gasteiger partial charge < -0.3 is 14.8 Å². The average Bonchev–Trinajstić information content (AvgIpc) is 3.15. The van der Waals surface area contributed by atoms with Crippen molar-refractivity contribution in [3.05, 3.63) is 45.3 Å². The van der Waals surface area contributed by atoms with E-state index < -0.39 is 27.9 Å². The number of hydrogen-bond acceptors (Lipinski definition) is 9. The quantitative estimate of drug-likeness (QED) is 0.467. The second-order valence-electron chi connectivity index (χ2n) is 7.88. The number of sulfonamides is 1. The molecule has 1 aromatic heterocycles. The van der Waals surface area contributed by atoms with Crippen LogP contribution in [0.1, 0.15) is 39.4 Å². The third-order valence-corrected chi connectivity index (χ3v) is 8.84. The minimum absolute atomic E-state index is 0.0111. The Morgan fingerprint density at radius 1 is 1.00 bits per heavy atom. The minimum Gasteiger partial charge on any atom is -0.462 e. The maximum atomic E-state index is 12.9. The summed E-state index contributed by atoms with van der Waals surface area (Å²) in [5.41, 5.74) is 0.505. The molecular formula is C23H28ClN3O7S2. The molecule has 1 aliphatic rings. The predicted octanol–water partition coefficient (Wildman–Crippen LogP) is 3.01. The number of rotatable bonds is 9. The van der Waals surface area contributed by atoms with Crippen LogP contribution in [0.3, 0.4) is 0 Å². The number of halogens is 1. The summed E-state index contributed by atoms with van der Waals surface area (Å²) in [6.07, 6.45) is 0. The molecule has 0 atom stereocenters. The Bertz CT molecular complexity index is 1220. The van der Waals surface area contributed by atoms with E-state index in [1.54, 1.807) is 20.8 Å². The highest BCUT2D eigenvalue weighted by Gasteiger charge is 2.30. The summed E-state index contributed by atoms with van der Waals surface area (Å²) in [6.45, 7) is 6.38. The maximum Gasteiger partial charge on any atom is 0.348 e. The molecule has 1 aromatic carbocycles. The van der Waals surface area contributed by atoms with Gasteiger partial charge in [-0.3, -0.25) is 9.69 Å². The highest BCUT2D eigenvalue weighted by Crippen LogP contribution is 2.34. The van der Waals surface area contributed by atoms with Gasteiger partial charge in [-0.25, -0.2) is 18.0 Å². The van der Waals surface area contributed by atoms with E-state index in [9.17, 15) is 22.8 Å². The molecule has 1 amide bonds. The Morgan fingerprint density at radius 3 is 2.17 bits per heavy atom. The molecule has 0 saturated carbocycles. The molecule has 13 heteroatoms. The SMILES string of the molecule is CCOC(=O)c1sc(NC(=O)CN2CCN(S(=O)(=O)c3ccc(Cl)cc3)CC2)c(C(=O)OCC)c1C. The van der Waals surface area contributed by atoms with Crippen molar-refractivity contribution in [1.29, 1.82) is 0 Å². The lowest BCUT2D eigenvalue weighted by Crippen LogP contribution is -2.50. The van der Waals surface area contributed by atoms with Crippen molar-refractivity contribution in [3.8, 4) is 0 Å². The highest BCUT2D eigenvalue weighted by atomic mass is 35.5. The van der Waals surface area contributed by atoms with Crippen molar-refractivity contribution >= 4 is 55.8 Å². The number of carbonyl (C=O) groups is 3. The first-order chi connectivity index (χ1) is 17.1. The normalized spacial score (nSPS) is 14.9. The summed E-state index contributed by atoms with van der Waals surface area (Å²) in [5.74, 6) is -1.62. The van der Waals surface area contributed by atoms with E-state index in [2.05, 4.69) is 5.32 Å². The van der Waals surface area contributed by atoms with E-state index >= 15 is 0 Å². The fraction of sp³-hybridized carbons (Fsp3) is 0.435. The maximum absolute atomic E-state index is 12.9. The number of anilines is 1. The fourth-order valence-electron chi connectivity index (χ4n) is 3.69. The van der Waals surface area contributed by atoms with Gasteiger partial charge in [-0.2, -0.15) is 4.31 Å². The van der Waals surface area contributed by atoms with Crippen LogP contribution in [0.2, 0.25) is 5.02 Å². The summed E-state index contributed by atoms with van der Waals surface area (Å²) in [5, 5.41) is 3.37. The zero-order valence-electron chi connectivity index (χ0n) is 20.2. The summed E-state index contributed by atoms with van der Waals surface area (Å²) in [7, 11) is -3.66. The number of hydrogen-bond donors (Lipinski definition) is 1. The van der Waals surface area contributed by atoms with Gasteiger partial charge in [0, 0.05) is 31.2 Å². The summed E-state index contributed by atoms with van der Waals surface area (Å²) >= 11 is 6.81. The number of nitrogens with one attached hydrogen (secondary N) is 1. The lowest BCUT2D eigenvalue weighted by atomic mass is 10.1. The number of benzene rings is 1. The Hall–Kier alpha value is -2.51. The van der Waals surface area contributed by atoms with Crippen LogP contribution >= 0.6 is 22.9 Å². The number of piperazine rings is 1. The molecular weight excluding hydrogens is 530 g/mol. The molecule has 2 aromatic rings. The molecule has 36 heavy (non-hydrogen) atoms. The molecule has 0 bridgehead atoms. The summed E-state index contributed by atoms with van der Waals surface area (Å²) in [6, 6.07) is 5.98. The second kappa shape index (κ2) is 12.2. The van der Waals surface area contributed by atoms with E-state index in [1.807, 2.05) is 4.90 Å². The Balaban J connectivity index is 1.66. The standard InChI is InChI=1S/C23H28ClN3O7S2/c1-4-33-22(29)19-15(3)20(23(30)34-5-2)35-21(19)25-18(28)14-26-10-12-27(13-11-26)36(31,32)17-8-6-16(24)7-9-17/h6-9H,4-5,10-14H2,1-3H3,(H,25,28). The number of ether oxygens (including phenoxy) is 2. The van der Waals surface area contributed by atoms with E-state index in [1.165, 1.54) is 28.6 Å². The van der Waals surface area contributed by atoms with E-state index in [0.717, 1.165) is 11.3 Å². The first-order valence-electron chi connectivity index (χ1n) is 11.3. The van der Waals surface area contributed by atoms with Crippen LogP contribution in [0.4, 0.5) is 5.00 Å². The number of thiophene rings is 1. The molecule has 3 rings (SSSR count). The molecule has 0 spiro atoms. The van der Waals surface area contributed by atoms with Crippen LogP contribution in [0.15, 0.2) is 29.2 Å². The molecule has 0 aliphatic carbocycles. The third kappa shape index (κ3) is 6.43. The van der Waals surface area contributed by atoms with E-state index in [0.29, 0.717) is 23.7 Å². The van der Waals surface area contributed by atoms with Gasteiger partial charge in [0.15, 0.2) is 0 Å². The van der Waals surface area contributed by atoms with Crippen LogP contribution in [0, 0.1) is 6.92 Å². The number of carbonyl (C=O) groups excluding carboxylic acids is 3. The molecule has 196 valence electrons. The molecule has 0 radical (unpaired) electrons. The van der Waals surface area contributed by atoms with Crippen molar-refractivity contribution in [3.63, 3.8) is 0 Å². The van der Waals surface area contributed by atoms with Gasteiger partial charge in [0.1, 0.15) is 9.88 Å². The van der Waals surface area contributed by atoms with Gasteiger partial charge in [-0.1, -0.05) is 11.6 Å². The van der Waals surface area contributed by atoms with Gasteiger partial charge in [-0.15, -0.1) is 11.3 Å². The van der Waals surface area contributed by atoms with Crippen LogP contribution in [-0.4, -0.2) is 81.4 Å². The largest absolute Gasteiger partial charge is 0.462 e. The van der Waals surface area contributed by atoms with Gasteiger partial charge >= 0.3 is 11.9 Å². The van der Waals surface area contributed by atoms with Gasteiger partial charge in [0.2, 0.25) is 15.9 Å². The fourth-order valence-corrected chi connectivity index (χ4v) is 6.35. The lowest BCUT2D eigenvalue weighted by molar-refractivity contribution is -0.117. The first-order valence-corrected chi connectivity index (χ1v) is 14.0. The molecule has 1 N–H and O–H groups in total. The Morgan fingerprint density at radius 2 is 1.58 bits per heavy atom. The molecule has 1 fully saturated rings. The molecule has 2 heterocycles. The smallest absolute Gasteiger partial charge is 0.348 e. The zero-order valence-corrected chi connectivity index (χ0v) is 22.6. The first kappa shape index (κ1) is 28.1. The van der Waals surface area contributed by atoms with Crippen LogP contribution in [0.25, 0.3) is 0 Å². The van der Waals surface area contributed by atoms with Crippen molar-refractivity contribution in [2.45, 2.75) is 25.7 Å². The van der Waals surface area contributed by atoms with Crippen LogP contribution in [-0.2, 0) is 24.3 Å². The van der Waals surface area contributed by atoms with E-state index in [-0.39, 0.29) is 53.2 Å². The number of nitrogens with zero attached hydrogens (tertiary/aromatic N) is 2. The topological polar surface area (TPSA) is 122 Å². The third-order valence-electron chi connectivity index (χ3n) is 5.49. The summed E-state index contributed by atoms with van der Waals surface area (Å²) in [4.78, 5) is 39.8. The second-order valence-corrected chi connectivity index (χ2v) is 11.3. The molecule has 10 nitrogen and oxygen atoms in total. The molecule has 1 aliphatic heterocycles. The van der Waals surface area contributed by atoms with E-state index in [4.69, 9.17) is 21.1 Å². The zero-order chi connectivity index (χ0) is 26.5. The Kier molecular flexibility index (Phi) is 9.47. The van der Waals surface area contributed by atoms with Gasteiger partial charge in [-0.05, 0) is 50.6 Å². The lowest BCUT2D eigenvalue weighted by Gasteiger charge is -2.33. The minimum atomic E-state index is -3.66. The molecule has 0 unspecified atom stereocenters. The highest BCUT2D eigenvalue weighted by molar-refractivity contribution is 7.89. The monoisotopic (exact) mass is 557 g/mol. The van der Waals surface area contributed by atoms with Crippen LogP contribution < -0.4 is 5.32 Å². The van der Waals surface area contributed by atoms with Crippen molar-refractivity contribution in [2.24, 2.45) is 0 Å². The average molecular weight is 558 g/mol. The number of amides is 1. The summed E-state index contributed by atoms with van der Waals surface area (Å²) < 4.78 is 37.3. The van der Waals surface area contributed by atoms with Crippen molar-refractivity contribution < 1.29 is 32.3 Å². The van der Waals surface area contributed by atoms with Gasteiger partial charge in [0.05, 0.1) is 30.2 Å². The Labute approximate surface area is 219 Å². The number of esters is 2. The van der Waals surface area contributed by atoms with Gasteiger partial charge in [0.25, 0.3) is 0 Å². The van der Waals surface area contributed by atoms with Crippen molar-refractivity contribution in [2.75, 3.05) is 51.3 Å². The predicted molar refractivity (Wildman–Crippen MR) is 136 cm³/mol. The van der Waals surface area contributed by atoms with Crippen molar-refractivity contribution in [1.82, 2.24) is 9.21 Å². The van der Waals surface area contributed by atoms with Crippen LogP contribution in [0.5, 0.6) is 0 Å².